The van der Waals surface area contributed by atoms with Crippen molar-refractivity contribution < 1.29 is 19.4 Å². The van der Waals surface area contributed by atoms with Gasteiger partial charge in [-0.25, -0.2) is 4.79 Å². The van der Waals surface area contributed by atoms with E-state index in [1.807, 2.05) is 54.6 Å². The Bertz CT molecular complexity index is 1390. The molecule has 2 amide bonds. The molecular weight excluding hydrogens is 550 g/mol. The average molecular weight is 596 g/mol. The van der Waals surface area contributed by atoms with Gasteiger partial charge in [-0.15, -0.1) is 0 Å². The molecule has 4 bridgehead atoms. The maximum absolute atomic E-state index is 13.3. The third-order valence-corrected chi connectivity index (χ3v) is 10.3. The number of likely N-dealkylation sites (N-methyl/N-ethyl adjacent to an activating group) is 1. The summed E-state index contributed by atoms with van der Waals surface area (Å²) in [4.78, 5) is 15.6. The monoisotopic (exact) mass is 595 g/mol. The quantitative estimate of drug-likeness (QED) is 0.250. The van der Waals surface area contributed by atoms with Crippen molar-refractivity contribution in [1.29, 1.82) is 0 Å². The molecule has 5 fully saturated rings. The van der Waals surface area contributed by atoms with Crippen LogP contribution in [0.5, 0.6) is 0 Å². The van der Waals surface area contributed by atoms with E-state index < -0.39 is 6.29 Å². The molecule has 5 aliphatic rings. The number of carbonyl (C=O) groups is 1. The van der Waals surface area contributed by atoms with Crippen molar-refractivity contribution in [3.63, 3.8) is 0 Å². The van der Waals surface area contributed by atoms with E-state index in [0.29, 0.717) is 0 Å². The first-order valence-corrected chi connectivity index (χ1v) is 16.3. The lowest BCUT2D eigenvalue weighted by atomic mass is 9.53. The smallest absolute Gasteiger partial charge is 0.319 e. The summed E-state index contributed by atoms with van der Waals surface area (Å²) in [6.07, 6.45) is 7.35. The molecule has 0 radical (unpaired) electrons. The standard InChI is InChI=1S/C37H45N3O4/c1-40(22-25-6-3-2-4-7-25)23-33-18-34(30-12-10-26(24-41)11-13-30)44-35(43-33)31-8-5-9-32(17-31)38-36(42)39-37-19-27-14-28(20-37)16-29(15-27)21-37/h2-13,17,27-29,33-35,41H,14-16,18-24H2,1H3,(H2,38,39,42). The topological polar surface area (TPSA) is 83.1 Å². The third-order valence-electron chi connectivity index (χ3n) is 10.3. The molecule has 3 atom stereocenters. The van der Waals surface area contributed by atoms with Crippen LogP contribution in [-0.4, -0.2) is 41.3 Å². The summed E-state index contributed by atoms with van der Waals surface area (Å²) in [6, 6.07) is 26.2. The largest absolute Gasteiger partial charge is 0.392 e. The number of anilines is 1. The molecule has 3 unspecified atom stereocenters. The summed E-state index contributed by atoms with van der Waals surface area (Å²) in [5.74, 6) is 2.33. The van der Waals surface area contributed by atoms with E-state index in [2.05, 4.69) is 46.8 Å². The Balaban J connectivity index is 1.05. The van der Waals surface area contributed by atoms with E-state index in [4.69, 9.17) is 9.47 Å². The molecule has 3 aromatic carbocycles. The summed E-state index contributed by atoms with van der Waals surface area (Å²) in [5, 5.41) is 16.1. The molecule has 3 aromatic rings. The number of carbonyl (C=O) groups excluding carboxylic acids is 1. The van der Waals surface area contributed by atoms with Crippen molar-refractivity contribution in [2.45, 2.75) is 82.1 Å². The number of aliphatic hydroxyl groups is 1. The van der Waals surface area contributed by atoms with Crippen LogP contribution in [0.3, 0.4) is 0 Å². The fraction of sp³-hybridized carbons (Fsp3) is 0.486. The fourth-order valence-corrected chi connectivity index (χ4v) is 8.77. The summed E-state index contributed by atoms with van der Waals surface area (Å²) in [7, 11) is 2.12. The number of nitrogens with zero attached hydrogens (tertiary/aromatic N) is 1. The van der Waals surface area contributed by atoms with E-state index in [0.717, 1.165) is 78.9 Å². The zero-order valence-electron chi connectivity index (χ0n) is 25.7. The number of ether oxygens (including phenoxy) is 2. The third kappa shape index (κ3) is 6.71. The van der Waals surface area contributed by atoms with Crippen LogP contribution in [0.2, 0.25) is 0 Å². The van der Waals surface area contributed by atoms with Gasteiger partial charge in [0.25, 0.3) is 0 Å². The highest BCUT2D eigenvalue weighted by Crippen LogP contribution is 2.55. The van der Waals surface area contributed by atoms with Gasteiger partial charge in [0.2, 0.25) is 0 Å². The van der Waals surface area contributed by atoms with Crippen molar-refractivity contribution in [2.24, 2.45) is 17.8 Å². The Morgan fingerprint density at radius 3 is 2.23 bits per heavy atom. The van der Waals surface area contributed by atoms with E-state index in [1.165, 1.54) is 24.8 Å². The minimum Gasteiger partial charge on any atom is -0.392 e. The zero-order valence-corrected chi connectivity index (χ0v) is 25.7. The van der Waals surface area contributed by atoms with Crippen molar-refractivity contribution in [3.05, 3.63) is 101 Å². The first-order chi connectivity index (χ1) is 21.4. The molecule has 44 heavy (non-hydrogen) atoms. The maximum atomic E-state index is 13.3. The lowest BCUT2D eigenvalue weighted by Crippen LogP contribution is -2.60. The summed E-state index contributed by atoms with van der Waals surface area (Å²) < 4.78 is 13.2. The molecule has 0 spiro atoms. The first kappa shape index (κ1) is 29.5. The average Bonchev–Trinajstić information content (AvgIpc) is 3.00. The maximum Gasteiger partial charge on any atom is 0.319 e. The fourth-order valence-electron chi connectivity index (χ4n) is 8.77. The second-order valence-corrected chi connectivity index (χ2v) is 13.9. The Morgan fingerprint density at radius 1 is 0.841 bits per heavy atom. The normalized spacial score (nSPS) is 30.8. The number of rotatable bonds is 9. The highest BCUT2D eigenvalue weighted by molar-refractivity contribution is 5.90. The lowest BCUT2D eigenvalue weighted by Gasteiger charge is -2.56. The van der Waals surface area contributed by atoms with Gasteiger partial charge in [-0.1, -0.05) is 66.7 Å². The predicted molar refractivity (Wildman–Crippen MR) is 171 cm³/mol. The second-order valence-electron chi connectivity index (χ2n) is 13.9. The number of nitrogens with one attached hydrogen (secondary N) is 2. The van der Waals surface area contributed by atoms with Crippen LogP contribution in [0.1, 0.15) is 79.6 Å². The molecule has 232 valence electrons. The zero-order chi connectivity index (χ0) is 30.1. The highest BCUT2D eigenvalue weighted by Gasteiger charge is 2.51. The Kier molecular flexibility index (Phi) is 8.47. The molecular formula is C37H45N3O4. The van der Waals surface area contributed by atoms with Crippen LogP contribution in [-0.2, 0) is 22.6 Å². The molecule has 1 heterocycles. The molecule has 8 rings (SSSR count). The summed E-state index contributed by atoms with van der Waals surface area (Å²) >= 11 is 0. The van der Waals surface area contributed by atoms with Crippen molar-refractivity contribution in [1.82, 2.24) is 10.2 Å². The minimum atomic E-state index is -0.575. The number of amides is 2. The van der Waals surface area contributed by atoms with Gasteiger partial charge in [-0.3, -0.25) is 4.90 Å². The Labute approximate surface area is 260 Å². The number of urea groups is 1. The van der Waals surface area contributed by atoms with Crippen LogP contribution in [0.15, 0.2) is 78.9 Å². The number of aliphatic hydroxyl groups excluding tert-OH is 1. The van der Waals surface area contributed by atoms with E-state index >= 15 is 0 Å². The molecule has 0 aromatic heterocycles. The van der Waals surface area contributed by atoms with Crippen molar-refractivity contribution in [2.75, 3.05) is 18.9 Å². The van der Waals surface area contributed by atoms with Crippen LogP contribution in [0.4, 0.5) is 10.5 Å². The summed E-state index contributed by atoms with van der Waals surface area (Å²) in [6.45, 7) is 1.60. The van der Waals surface area contributed by atoms with Crippen molar-refractivity contribution in [3.8, 4) is 0 Å². The van der Waals surface area contributed by atoms with Gasteiger partial charge >= 0.3 is 6.03 Å². The molecule has 1 saturated heterocycles. The molecule has 4 aliphatic carbocycles. The first-order valence-electron chi connectivity index (χ1n) is 16.3. The van der Waals surface area contributed by atoms with E-state index in [9.17, 15) is 9.90 Å². The number of hydrogen-bond donors (Lipinski definition) is 3. The Hall–Kier alpha value is -3.23. The molecule has 4 saturated carbocycles. The molecule has 7 nitrogen and oxygen atoms in total. The Morgan fingerprint density at radius 2 is 1.55 bits per heavy atom. The summed E-state index contributed by atoms with van der Waals surface area (Å²) in [5.41, 5.74) is 4.79. The van der Waals surface area contributed by atoms with Gasteiger partial charge in [0.05, 0.1) is 18.8 Å². The van der Waals surface area contributed by atoms with Crippen LogP contribution in [0.25, 0.3) is 0 Å². The van der Waals surface area contributed by atoms with Gasteiger partial charge < -0.3 is 25.2 Å². The second kappa shape index (κ2) is 12.6. The minimum absolute atomic E-state index is 0.0146. The van der Waals surface area contributed by atoms with Crippen LogP contribution < -0.4 is 10.6 Å². The van der Waals surface area contributed by atoms with E-state index in [1.54, 1.807) is 0 Å². The lowest BCUT2D eigenvalue weighted by molar-refractivity contribution is -0.252. The van der Waals surface area contributed by atoms with Crippen molar-refractivity contribution >= 4 is 11.7 Å². The predicted octanol–water partition coefficient (Wildman–Crippen LogP) is 6.95. The van der Waals surface area contributed by atoms with Gasteiger partial charge in [-0.2, -0.15) is 0 Å². The van der Waals surface area contributed by atoms with Gasteiger partial charge in [0, 0.05) is 36.3 Å². The number of benzene rings is 3. The molecule has 1 aliphatic heterocycles. The molecule has 7 heteroatoms. The van der Waals surface area contributed by atoms with Crippen LogP contribution >= 0.6 is 0 Å². The van der Waals surface area contributed by atoms with Gasteiger partial charge in [0.1, 0.15) is 0 Å². The van der Waals surface area contributed by atoms with E-state index in [-0.39, 0.29) is 30.4 Å². The van der Waals surface area contributed by atoms with Crippen LogP contribution in [0, 0.1) is 17.8 Å². The SMILES string of the molecule is CN(Cc1ccccc1)CC1CC(c2ccc(CO)cc2)OC(c2cccc(NC(=O)NC34CC5CC(CC(C5)C3)C4)c2)O1. The van der Waals surface area contributed by atoms with Gasteiger partial charge in [0.15, 0.2) is 6.29 Å². The number of hydrogen-bond acceptors (Lipinski definition) is 5. The van der Waals surface area contributed by atoms with Gasteiger partial charge in [-0.05, 0) is 92.1 Å². The molecule has 3 N–H and O–H groups in total. The highest BCUT2D eigenvalue weighted by atomic mass is 16.7.